The van der Waals surface area contributed by atoms with Crippen molar-refractivity contribution in [3.8, 4) is 0 Å². The Labute approximate surface area is 162 Å². The van der Waals surface area contributed by atoms with Gasteiger partial charge in [-0.3, -0.25) is 9.58 Å². The fraction of sp³-hybridized carbons (Fsp3) is 0.524. The van der Waals surface area contributed by atoms with Crippen molar-refractivity contribution in [2.45, 2.75) is 45.8 Å². The predicted molar refractivity (Wildman–Crippen MR) is 107 cm³/mol. The van der Waals surface area contributed by atoms with Gasteiger partial charge in [0.2, 0.25) is 0 Å². The molecule has 1 aliphatic rings. The molecule has 6 nitrogen and oxygen atoms in total. The number of hydrogen-bond donors (Lipinski definition) is 1. The summed E-state index contributed by atoms with van der Waals surface area (Å²) in [6.45, 7) is 10.5. The zero-order valence-corrected chi connectivity index (χ0v) is 16.6. The van der Waals surface area contributed by atoms with Gasteiger partial charge in [-0.15, -0.1) is 0 Å². The fourth-order valence-corrected chi connectivity index (χ4v) is 3.75. The molecule has 3 rings (SSSR count). The number of urea groups is 1. The largest absolute Gasteiger partial charge is 0.331 e. The van der Waals surface area contributed by atoms with Crippen molar-refractivity contribution in [1.82, 2.24) is 24.9 Å². The average molecular weight is 370 g/mol. The Bertz CT molecular complexity index is 721. The van der Waals surface area contributed by atoms with E-state index in [1.54, 1.807) is 0 Å². The van der Waals surface area contributed by atoms with Crippen LogP contribution in [0.25, 0.3) is 0 Å². The molecule has 0 bridgehead atoms. The summed E-state index contributed by atoms with van der Waals surface area (Å²) in [4.78, 5) is 17.1. The summed E-state index contributed by atoms with van der Waals surface area (Å²) in [5.74, 6) is 0. The van der Waals surface area contributed by atoms with Crippen molar-refractivity contribution in [3.05, 3.63) is 53.9 Å². The van der Waals surface area contributed by atoms with Crippen LogP contribution in [0, 0.1) is 0 Å². The summed E-state index contributed by atoms with van der Waals surface area (Å²) in [7, 11) is 0. The Morgan fingerprint density at radius 2 is 1.81 bits per heavy atom. The van der Waals surface area contributed by atoms with E-state index >= 15 is 0 Å². The number of aromatic nitrogens is 2. The highest BCUT2D eigenvalue weighted by atomic mass is 16.2. The van der Waals surface area contributed by atoms with E-state index in [0.29, 0.717) is 6.04 Å². The second-order valence-corrected chi connectivity index (χ2v) is 7.16. The van der Waals surface area contributed by atoms with Crippen LogP contribution in [0.3, 0.4) is 0 Å². The fourth-order valence-electron chi connectivity index (χ4n) is 3.75. The molecule has 146 valence electrons. The van der Waals surface area contributed by atoms with Crippen LogP contribution in [-0.2, 0) is 6.54 Å². The molecule has 1 fully saturated rings. The van der Waals surface area contributed by atoms with Crippen molar-refractivity contribution >= 4 is 6.03 Å². The summed E-state index contributed by atoms with van der Waals surface area (Å²) in [5.41, 5.74) is 2.40. The number of rotatable bonds is 6. The van der Waals surface area contributed by atoms with Gasteiger partial charge in [0.1, 0.15) is 0 Å². The SMILES string of the molecule is CCC(c1ccccc1)N1CCN(C(=O)NC(C)c2cnn(CC)c2)CC1. The molecular formula is C21H31N5O. The maximum Gasteiger partial charge on any atom is 0.317 e. The molecule has 1 aromatic heterocycles. The number of piperazine rings is 1. The Balaban J connectivity index is 1.53. The van der Waals surface area contributed by atoms with E-state index in [2.05, 4.69) is 59.5 Å². The number of amides is 2. The van der Waals surface area contributed by atoms with Crippen molar-refractivity contribution in [2.24, 2.45) is 0 Å². The van der Waals surface area contributed by atoms with Crippen molar-refractivity contribution in [2.75, 3.05) is 26.2 Å². The van der Waals surface area contributed by atoms with Gasteiger partial charge in [-0.2, -0.15) is 5.10 Å². The van der Waals surface area contributed by atoms with E-state index in [9.17, 15) is 4.79 Å². The van der Waals surface area contributed by atoms with E-state index in [1.807, 2.05) is 28.9 Å². The van der Waals surface area contributed by atoms with Crippen LogP contribution in [0.2, 0.25) is 0 Å². The van der Waals surface area contributed by atoms with Gasteiger partial charge in [-0.1, -0.05) is 37.3 Å². The van der Waals surface area contributed by atoms with E-state index in [4.69, 9.17) is 0 Å². The predicted octanol–water partition coefficient (Wildman–Crippen LogP) is 3.44. The van der Waals surface area contributed by atoms with Gasteiger partial charge < -0.3 is 10.2 Å². The topological polar surface area (TPSA) is 53.4 Å². The molecule has 2 heterocycles. The molecule has 0 aliphatic carbocycles. The first-order chi connectivity index (χ1) is 13.1. The van der Waals surface area contributed by atoms with E-state index in [1.165, 1.54) is 5.56 Å². The van der Waals surface area contributed by atoms with Crippen LogP contribution in [0.1, 0.15) is 50.4 Å². The Hall–Kier alpha value is -2.34. The molecule has 1 N–H and O–H groups in total. The highest BCUT2D eigenvalue weighted by Crippen LogP contribution is 2.25. The van der Waals surface area contributed by atoms with Crippen LogP contribution in [-0.4, -0.2) is 51.8 Å². The molecule has 0 saturated carbocycles. The molecular weight excluding hydrogens is 338 g/mol. The van der Waals surface area contributed by atoms with Crippen molar-refractivity contribution < 1.29 is 4.79 Å². The summed E-state index contributed by atoms with van der Waals surface area (Å²) < 4.78 is 1.88. The Kier molecular flexibility index (Phi) is 6.50. The zero-order chi connectivity index (χ0) is 19.2. The highest BCUT2D eigenvalue weighted by Gasteiger charge is 2.26. The minimum Gasteiger partial charge on any atom is -0.331 e. The molecule has 6 heteroatoms. The third-order valence-corrected chi connectivity index (χ3v) is 5.43. The van der Waals surface area contributed by atoms with Crippen LogP contribution in [0.4, 0.5) is 4.79 Å². The third kappa shape index (κ3) is 4.69. The zero-order valence-electron chi connectivity index (χ0n) is 16.6. The van der Waals surface area contributed by atoms with Gasteiger partial charge in [0.25, 0.3) is 0 Å². The number of hydrogen-bond acceptors (Lipinski definition) is 3. The first-order valence-electron chi connectivity index (χ1n) is 9.99. The summed E-state index contributed by atoms with van der Waals surface area (Å²) in [6, 6.07) is 11.1. The minimum absolute atomic E-state index is 0.0131. The molecule has 1 aromatic carbocycles. The normalized spacial score (nSPS) is 17.5. The van der Waals surface area contributed by atoms with Gasteiger partial charge in [0.05, 0.1) is 12.2 Å². The van der Waals surface area contributed by atoms with Crippen molar-refractivity contribution in [1.29, 1.82) is 0 Å². The smallest absolute Gasteiger partial charge is 0.317 e. The van der Waals surface area contributed by atoms with Gasteiger partial charge in [-0.25, -0.2) is 4.79 Å². The second-order valence-electron chi connectivity index (χ2n) is 7.16. The molecule has 0 spiro atoms. The van der Waals surface area contributed by atoms with Gasteiger partial charge in [-0.05, 0) is 25.8 Å². The average Bonchev–Trinajstić information content (AvgIpc) is 3.19. The lowest BCUT2D eigenvalue weighted by Gasteiger charge is -2.39. The quantitative estimate of drug-likeness (QED) is 0.849. The van der Waals surface area contributed by atoms with Crippen LogP contribution in [0.15, 0.2) is 42.7 Å². The van der Waals surface area contributed by atoms with E-state index in [0.717, 1.165) is 44.7 Å². The van der Waals surface area contributed by atoms with E-state index in [-0.39, 0.29) is 12.1 Å². The molecule has 2 amide bonds. The van der Waals surface area contributed by atoms with Gasteiger partial charge in [0, 0.05) is 50.5 Å². The lowest BCUT2D eigenvalue weighted by atomic mass is 10.0. The van der Waals surface area contributed by atoms with Crippen molar-refractivity contribution in [3.63, 3.8) is 0 Å². The van der Waals surface area contributed by atoms with Crippen LogP contribution in [0.5, 0.6) is 0 Å². The molecule has 2 aromatic rings. The molecule has 2 unspecified atom stereocenters. The van der Waals surface area contributed by atoms with E-state index < -0.39 is 0 Å². The first-order valence-corrected chi connectivity index (χ1v) is 9.99. The molecule has 0 radical (unpaired) electrons. The third-order valence-electron chi connectivity index (χ3n) is 5.43. The molecule has 1 aliphatic heterocycles. The summed E-state index contributed by atoms with van der Waals surface area (Å²) >= 11 is 0. The van der Waals surface area contributed by atoms with Crippen LogP contribution >= 0.6 is 0 Å². The minimum atomic E-state index is -0.0384. The molecule has 1 saturated heterocycles. The number of nitrogens with zero attached hydrogens (tertiary/aromatic N) is 4. The Morgan fingerprint density at radius 3 is 2.41 bits per heavy atom. The van der Waals surface area contributed by atoms with Gasteiger partial charge in [0.15, 0.2) is 0 Å². The van der Waals surface area contributed by atoms with Crippen LogP contribution < -0.4 is 5.32 Å². The Morgan fingerprint density at radius 1 is 1.11 bits per heavy atom. The monoisotopic (exact) mass is 369 g/mol. The standard InChI is InChI=1S/C21H31N5O/c1-4-20(18-9-7-6-8-10-18)24-11-13-25(14-12-24)21(27)23-17(3)19-15-22-26(5-2)16-19/h6-10,15-17,20H,4-5,11-14H2,1-3H3,(H,23,27). The maximum absolute atomic E-state index is 12.6. The lowest BCUT2D eigenvalue weighted by molar-refractivity contribution is 0.105. The number of aryl methyl sites for hydroxylation is 1. The highest BCUT2D eigenvalue weighted by molar-refractivity contribution is 5.74. The van der Waals surface area contributed by atoms with Gasteiger partial charge >= 0.3 is 6.03 Å². The summed E-state index contributed by atoms with van der Waals surface area (Å²) in [5, 5.41) is 7.40. The number of benzene rings is 1. The lowest BCUT2D eigenvalue weighted by Crippen LogP contribution is -2.52. The molecule has 2 atom stereocenters. The first kappa shape index (κ1) is 19.4. The second kappa shape index (κ2) is 9.04. The maximum atomic E-state index is 12.6. The molecule has 27 heavy (non-hydrogen) atoms. The number of carbonyl (C=O) groups excluding carboxylic acids is 1. The number of nitrogens with one attached hydrogen (secondary N) is 1. The summed E-state index contributed by atoms with van der Waals surface area (Å²) in [6.07, 6.45) is 4.90. The number of carbonyl (C=O) groups is 1.